The van der Waals surface area contributed by atoms with Crippen LogP contribution in [0.4, 0.5) is 0 Å². The summed E-state index contributed by atoms with van der Waals surface area (Å²) in [6.07, 6.45) is 0.927. The fourth-order valence-corrected chi connectivity index (χ4v) is 2.82. The standard InChI is InChI=1S/C12H11NO2S/c14-12(13-6-3-7-15-13)11-8-9-4-1-2-5-10(9)16-11/h1-2,4-5,8H,3,6-7H2. The summed E-state index contributed by atoms with van der Waals surface area (Å²) >= 11 is 1.52. The van der Waals surface area contributed by atoms with E-state index in [1.54, 1.807) is 0 Å². The van der Waals surface area contributed by atoms with E-state index in [0.29, 0.717) is 13.2 Å². The van der Waals surface area contributed by atoms with Crippen molar-refractivity contribution < 1.29 is 9.63 Å². The maximum absolute atomic E-state index is 12.0. The van der Waals surface area contributed by atoms with Crippen LogP contribution in [0.25, 0.3) is 10.1 Å². The van der Waals surface area contributed by atoms with E-state index in [2.05, 4.69) is 0 Å². The molecule has 2 aromatic rings. The van der Waals surface area contributed by atoms with Gasteiger partial charge in [0.2, 0.25) is 0 Å². The number of carbonyl (C=O) groups excluding carboxylic acids is 1. The van der Waals surface area contributed by atoms with E-state index in [1.807, 2.05) is 30.3 Å². The molecule has 0 aliphatic carbocycles. The van der Waals surface area contributed by atoms with Gasteiger partial charge in [0.15, 0.2) is 0 Å². The molecule has 3 rings (SSSR count). The van der Waals surface area contributed by atoms with Crippen molar-refractivity contribution in [3.8, 4) is 0 Å². The molecule has 0 N–H and O–H groups in total. The Hall–Kier alpha value is -1.39. The summed E-state index contributed by atoms with van der Waals surface area (Å²) < 4.78 is 1.14. The minimum absolute atomic E-state index is 0.0151. The van der Waals surface area contributed by atoms with Gasteiger partial charge in [0.05, 0.1) is 18.0 Å². The lowest BCUT2D eigenvalue weighted by atomic mass is 10.2. The van der Waals surface area contributed by atoms with Gasteiger partial charge in [0.1, 0.15) is 0 Å². The largest absolute Gasteiger partial charge is 0.287 e. The molecular weight excluding hydrogens is 222 g/mol. The predicted molar refractivity (Wildman–Crippen MR) is 63.4 cm³/mol. The minimum Gasteiger partial charge on any atom is -0.271 e. The summed E-state index contributed by atoms with van der Waals surface area (Å²) in [7, 11) is 0. The van der Waals surface area contributed by atoms with E-state index in [1.165, 1.54) is 16.4 Å². The maximum Gasteiger partial charge on any atom is 0.287 e. The molecule has 82 valence electrons. The first-order valence-corrected chi connectivity index (χ1v) is 6.09. The fourth-order valence-electron chi connectivity index (χ4n) is 1.82. The highest BCUT2D eigenvalue weighted by molar-refractivity contribution is 7.20. The van der Waals surface area contributed by atoms with Gasteiger partial charge in [-0.25, -0.2) is 5.06 Å². The molecule has 0 bridgehead atoms. The van der Waals surface area contributed by atoms with Gasteiger partial charge in [0.25, 0.3) is 5.91 Å². The zero-order valence-electron chi connectivity index (χ0n) is 8.68. The molecular formula is C12H11NO2S. The van der Waals surface area contributed by atoms with Crippen molar-refractivity contribution in [1.82, 2.24) is 5.06 Å². The first kappa shape index (κ1) is 9.81. The van der Waals surface area contributed by atoms with Crippen LogP contribution in [0.2, 0.25) is 0 Å². The molecule has 16 heavy (non-hydrogen) atoms. The molecule has 1 amide bonds. The summed E-state index contributed by atoms with van der Waals surface area (Å²) in [5.41, 5.74) is 0. The zero-order valence-corrected chi connectivity index (χ0v) is 9.50. The van der Waals surface area contributed by atoms with Crippen LogP contribution in [0.15, 0.2) is 30.3 Å². The minimum atomic E-state index is -0.0151. The molecule has 0 saturated carbocycles. The van der Waals surface area contributed by atoms with E-state index < -0.39 is 0 Å². The molecule has 4 heteroatoms. The Morgan fingerprint density at radius 1 is 1.38 bits per heavy atom. The van der Waals surface area contributed by atoms with Crippen molar-refractivity contribution in [2.75, 3.05) is 13.2 Å². The highest BCUT2D eigenvalue weighted by atomic mass is 32.1. The number of fused-ring (bicyclic) bond motifs is 1. The monoisotopic (exact) mass is 233 g/mol. The molecule has 1 aromatic carbocycles. The Morgan fingerprint density at radius 2 is 2.25 bits per heavy atom. The van der Waals surface area contributed by atoms with Crippen molar-refractivity contribution >= 4 is 27.3 Å². The van der Waals surface area contributed by atoms with Crippen LogP contribution in [0.5, 0.6) is 0 Å². The smallest absolute Gasteiger partial charge is 0.271 e. The number of thiophene rings is 1. The van der Waals surface area contributed by atoms with Gasteiger partial charge >= 0.3 is 0 Å². The SMILES string of the molecule is O=C(c1cc2ccccc2s1)N1CCCO1. The average Bonchev–Trinajstić information content (AvgIpc) is 2.97. The molecule has 3 nitrogen and oxygen atoms in total. The second-order valence-corrected chi connectivity index (χ2v) is 4.83. The summed E-state index contributed by atoms with van der Waals surface area (Å²) in [6, 6.07) is 9.95. The number of rotatable bonds is 1. The molecule has 1 saturated heterocycles. The Labute approximate surface area is 97.2 Å². The van der Waals surface area contributed by atoms with Crippen LogP contribution < -0.4 is 0 Å². The van der Waals surface area contributed by atoms with Crippen LogP contribution in [-0.2, 0) is 4.84 Å². The lowest BCUT2D eigenvalue weighted by Gasteiger charge is -2.11. The molecule has 1 fully saturated rings. The average molecular weight is 233 g/mol. The lowest BCUT2D eigenvalue weighted by molar-refractivity contribution is -0.0765. The summed E-state index contributed by atoms with van der Waals surface area (Å²) in [6.45, 7) is 1.35. The number of carbonyl (C=O) groups is 1. The van der Waals surface area contributed by atoms with Crippen molar-refractivity contribution in [1.29, 1.82) is 0 Å². The third-order valence-electron chi connectivity index (χ3n) is 2.62. The Morgan fingerprint density at radius 3 is 3.00 bits per heavy atom. The molecule has 0 unspecified atom stereocenters. The van der Waals surface area contributed by atoms with Crippen LogP contribution in [-0.4, -0.2) is 24.1 Å². The molecule has 1 aliphatic rings. The number of amides is 1. The van der Waals surface area contributed by atoms with E-state index in [-0.39, 0.29) is 5.91 Å². The molecule has 1 aromatic heterocycles. The molecule has 0 spiro atoms. The van der Waals surface area contributed by atoms with Crippen molar-refractivity contribution in [2.45, 2.75) is 6.42 Å². The molecule has 0 radical (unpaired) electrons. The van der Waals surface area contributed by atoms with E-state index in [0.717, 1.165) is 21.4 Å². The van der Waals surface area contributed by atoms with Crippen LogP contribution in [0.3, 0.4) is 0 Å². The summed E-state index contributed by atoms with van der Waals surface area (Å²) in [4.78, 5) is 18.0. The highest BCUT2D eigenvalue weighted by Crippen LogP contribution is 2.26. The number of benzene rings is 1. The summed E-state index contributed by atoms with van der Waals surface area (Å²) in [5.74, 6) is -0.0151. The second-order valence-electron chi connectivity index (χ2n) is 3.74. The van der Waals surface area contributed by atoms with Gasteiger partial charge in [0, 0.05) is 4.70 Å². The Balaban J connectivity index is 1.96. The van der Waals surface area contributed by atoms with Gasteiger partial charge in [-0.1, -0.05) is 18.2 Å². The highest BCUT2D eigenvalue weighted by Gasteiger charge is 2.22. The number of nitrogens with zero attached hydrogens (tertiary/aromatic N) is 1. The number of hydrogen-bond donors (Lipinski definition) is 0. The van der Waals surface area contributed by atoms with Crippen LogP contribution >= 0.6 is 11.3 Å². The number of hydroxylamine groups is 2. The third kappa shape index (κ3) is 1.60. The Bertz CT molecular complexity index is 496. The summed E-state index contributed by atoms with van der Waals surface area (Å²) in [5, 5.41) is 2.58. The third-order valence-corrected chi connectivity index (χ3v) is 3.72. The van der Waals surface area contributed by atoms with E-state index in [4.69, 9.17) is 4.84 Å². The number of hydrogen-bond acceptors (Lipinski definition) is 3. The van der Waals surface area contributed by atoms with Gasteiger partial charge in [-0.05, 0) is 23.9 Å². The first-order chi connectivity index (χ1) is 7.84. The zero-order chi connectivity index (χ0) is 11.0. The lowest BCUT2D eigenvalue weighted by Crippen LogP contribution is -2.25. The van der Waals surface area contributed by atoms with Gasteiger partial charge in [-0.15, -0.1) is 11.3 Å². The van der Waals surface area contributed by atoms with Crippen molar-refractivity contribution in [3.05, 3.63) is 35.2 Å². The van der Waals surface area contributed by atoms with Gasteiger partial charge < -0.3 is 0 Å². The van der Waals surface area contributed by atoms with Crippen molar-refractivity contribution in [3.63, 3.8) is 0 Å². The van der Waals surface area contributed by atoms with E-state index in [9.17, 15) is 4.79 Å². The molecule has 1 aliphatic heterocycles. The molecule has 2 heterocycles. The first-order valence-electron chi connectivity index (χ1n) is 5.28. The van der Waals surface area contributed by atoms with Crippen LogP contribution in [0, 0.1) is 0 Å². The molecule has 0 atom stereocenters. The van der Waals surface area contributed by atoms with E-state index >= 15 is 0 Å². The fraction of sp³-hybridized carbons (Fsp3) is 0.250. The van der Waals surface area contributed by atoms with Crippen LogP contribution in [0.1, 0.15) is 16.1 Å². The van der Waals surface area contributed by atoms with Gasteiger partial charge in [-0.2, -0.15) is 0 Å². The topological polar surface area (TPSA) is 29.5 Å². The second kappa shape index (κ2) is 3.88. The quantitative estimate of drug-likeness (QED) is 0.758. The maximum atomic E-state index is 12.0. The van der Waals surface area contributed by atoms with Gasteiger partial charge in [-0.3, -0.25) is 9.63 Å². The predicted octanol–water partition coefficient (Wildman–Crippen LogP) is 2.68. The van der Waals surface area contributed by atoms with Crippen molar-refractivity contribution in [2.24, 2.45) is 0 Å². The normalized spacial score (nSPS) is 15.9. The Kier molecular flexibility index (Phi) is 2.38.